The minimum atomic E-state index is -0.432. The van der Waals surface area contributed by atoms with E-state index in [9.17, 15) is 5.11 Å². The highest BCUT2D eigenvalue weighted by molar-refractivity contribution is 4.68. The number of hydrogen-bond acceptors (Lipinski definition) is 4. The van der Waals surface area contributed by atoms with Gasteiger partial charge in [-0.3, -0.25) is 0 Å². The molecule has 4 nitrogen and oxygen atoms in total. The van der Waals surface area contributed by atoms with Gasteiger partial charge < -0.3 is 19.9 Å². The predicted octanol–water partition coefficient (Wildman–Crippen LogP) is 1.32. The molecule has 0 aliphatic carbocycles. The zero-order chi connectivity index (χ0) is 12.7. The van der Waals surface area contributed by atoms with Gasteiger partial charge in [-0.05, 0) is 46.6 Å². The fourth-order valence-electron chi connectivity index (χ4n) is 1.81. The van der Waals surface area contributed by atoms with Crippen molar-refractivity contribution in [2.24, 2.45) is 0 Å². The number of hydrogen-bond donors (Lipinski definition) is 2. The molecule has 2 N–H and O–H groups in total. The zero-order valence-corrected chi connectivity index (χ0v) is 11.4. The second-order valence-corrected chi connectivity index (χ2v) is 5.71. The lowest BCUT2D eigenvalue weighted by Crippen LogP contribution is -2.34. The third-order valence-corrected chi connectivity index (χ3v) is 2.76. The average molecular weight is 245 g/mol. The summed E-state index contributed by atoms with van der Waals surface area (Å²) in [4.78, 5) is 0. The van der Waals surface area contributed by atoms with Crippen molar-refractivity contribution < 1.29 is 14.6 Å². The molecule has 1 rings (SSSR count). The molecule has 1 saturated heterocycles. The molecule has 0 spiro atoms. The van der Waals surface area contributed by atoms with Crippen molar-refractivity contribution in [1.82, 2.24) is 5.32 Å². The van der Waals surface area contributed by atoms with Crippen LogP contribution in [-0.2, 0) is 9.47 Å². The van der Waals surface area contributed by atoms with Crippen LogP contribution in [0.3, 0.4) is 0 Å². The van der Waals surface area contributed by atoms with Gasteiger partial charge in [0.2, 0.25) is 0 Å². The van der Waals surface area contributed by atoms with Gasteiger partial charge in [0.1, 0.15) is 0 Å². The summed E-state index contributed by atoms with van der Waals surface area (Å²) < 4.78 is 11.0. The van der Waals surface area contributed by atoms with Crippen LogP contribution in [0.1, 0.15) is 40.0 Å². The van der Waals surface area contributed by atoms with Gasteiger partial charge in [0.05, 0.1) is 24.4 Å². The Labute approximate surface area is 105 Å². The highest BCUT2D eigenvalue weighted by Crippen LogP contribution is 2.14. The summed E-state index contributed by atoms with van der Waals surface area (Å²) in [6.45, 7) is 8.75. The van der Waals surface area contributed by atoms with E-state index in [-0.39, 0.29) is 5.60 Å². The molecule has 1 fully saturated rings. The molecule has 2 atom stereocenters. The van der Waals surface area contributed by atoms with Gasteiger partial charge in [0, 0.05) is 13.2 Å². The Morgan fingerprint density at radius 3 is 2.82 bits per heavy atom. The topological polar surface area (TPSA) is 50.7 Å². The smallest absolute Gasteiger partial charge is 0.0897 e. The predicted molar refractivity (Wildman–Crippen MR) is 68.2 cm³/mol. The van der Waals surface area contributed by atoms with Crippen molar-refractivity contribution in [3.8, 4) is 0 Å². The van der Waals surface area contributed by atoms with Crippen LogP contribution < -0.4 is 5.32 Å². The number of nitrogens with one attached hydrogen (secondary N) is 1. The molecule has 0 aromatic carbocycles. The van der Waals surface area contributed by atoms with E-state index < -0.39 is 6.10 Å². The molecule has 17 heavy (non-hydrogen) atoms. The van der Waals surface area contributed by atoms with Crippen molar-refractivity contribution in [3.63, 3.8) is 0 Å². The molecule has 0 aromatic heterocycles. The van der Waals surface area contributed by atoms with Gasteiger partial charge >= 0.3 is 0 Å². The van der Waals surface area contributed by atoms with Gasteiger partial charge in [-0.15, -0.1) is 0 Å². The van der Waals surface area contributed by atoms with Crippen LogP contribution in [0.15, 0.2) is 0 Å². The van der Waals surface area contributed by atoms with Crippen LogP contribution in [0.2, 0.25) is 0 Å². The van der Waals surface area contributed by atoms with Gasteiger partial charge in [0.25, 0.3) is 0 Å². The number of aliphatic hydroxyl groups is 1. The molecule has 1 heterocycles. The molecule has 0 radical (unpaired) electrons. The maximum Gasteiger partial charge on any atom is 0.0897 e. The SMILES string of the molecule is CC(C)(C)OCC(O)CNCCC1CCCO1. The highest BCUT2D eigenvalue weighted by Gasteiger charge is 2.15. The molecular formula is C13H27NO3. The van der Waals surface area contributed by atoms with E-state index in [0.29, 0.717) is 19.3 Å². The van der Waals surface area contributed by atoms with Gasteiger partial charge in [0.15, 0.2) is 0 Å². The fraction of sp³-hybridized carbons (Fsp3) is 1.00. The quantitative estimate of drug-likeness (QED) is 0.664. The molecule has 102 valence electrons. The van der Waals surface area contributed by atoms with Crippen molar-refractivity contribution in [1.29, 1.82) is 0 Å². The van der Waals surface area contributed by atoms with Crippen LogP contribution in [0.4, 0.5) is 0 Å². The Morgan fingerprint density at radius 1 is 1.47 bits per heavy atom. The van der Waals surface area contributed by atoms with E-state index in [1.54, 1.807) is 0 Å². The van der Waals surface area contributed by atoms with E-state index in [1.807, 2.05) is 20.8 Å². The second kappa shape index (κ2) is 7.31. The van der Waals surface area contributed by atoms with Crippen molar-refractivity contribution in [2.45, 2.75) is 57.8 Å². The number of rotatable bonds is 7. The molecular weight excluding hydrogens is 218 g/mol. The summed E-state index contributed by atoms with van der Waals surface area (Å²) in [6, 6.07) is 0. The normalized spacial score (nSPS) is 22.9. The maximum absolute atomic E-state index is 9.69. The van der Waals surface area contributed by atoms with E-state index in [1.165, 1.54) is 12.8 Å². The van der Waals surface area contributed by atoms with Crippen LogP contribution in [-0.4, -0.2) is 49.2 Å². The third-order valence-electron chi connectivity index (χ3n) is 2.76. The van der Waals surface area contributed by atoms with Crippen molar-refractivity contribution in [2.75, 3.05) is 26.3 Å². The third kappa shape index (κ3) is 7.71. The fourth-order valence-corrected chi connectivity index (χ4v) is 1.81. The summed E-state index contributed by atoms with van der Waals surface area (Å²) >= 11 is 0. The monoisotopic (exact) mass is 245 g/mol. The van der Waals surface area contributed by atoms with Gasteiger partial charge in [-0.2, -0.15) is 0 Å². The molecule has 0 amide bonds. The minimum Gasteiger partial charge on any atom is -0.389 e. The summed E-state index contributed by atoms with van der Waals surface area (Å²) in [5.41, 5.74) is -0.182. The maximum atomic E-state index is 9.69. The van der Waals surface area contributed by atoms with Crippen molar-refractivity contribution >= 4 is 0 Å². The van der Waals surface area contributed by atoms with E-state index in [4.69, 9.17) is 9.47 Å². The number of aliphatic hydroxyl groups excluding tert-OH is 1. The van der Waals surface area contributed by atoms with E-state index in [0.717, 1.165) is 19.6 Å². The summed E-state index contributed by atoms with van der Waals surface area (Å²) in [7, 11) is 0. The first kappa shape index (κ1) is 14.9. The Hall–Kier alpha value is -0.160. The largest absolute Gasteiger partial charge is 0.389 e. The Bertz CT molecular complexity index is 197. The van der Waals surface area contributed by atoms with Gasteiger partial charge in [-0.25, -0.2) is 0 Å². The lowest BCUT2D eigenvalue weighted by Gasteiger charge is -2.22. The molecule has 2 unspecified atom stereocenters. The molecule has 0 saturated carbocycles. The van der Waals surface area contributed by atoms with Gasteiger partial charge in [-0.1, -0.05) is 0 Å². The summed E-state index contributed by atoms with van der Waals surface area (Å²) in [6.07, 6.45) is 3.39. The van der Waals surface area contributed by atoms with Crippen LogP contribution in [0.5, 0.6) is 0 Å². The molecule has 0 aromatic rings. The first-order valence-electron chi connectivity index (χ1n) is 6.62. The van der Waals surface area contributed by atoms with Crippen LogP contribution in [0, 0.1) is 0 Å². The lowest BCUT2D eigenvalue weighted by atomic mass is 10.2. The lowest BCUT2D eigenvalue weighted by molar-refractivity contribution is -0.0479. The standard InChI is InChI=1S/C13H27NO3/c1-13(2,3)17-10-11(15)9-14-7-6-12-5-4-8-16-12/h11-12,14-15H,4-10H2,1-3H3. The summed E-state index contributed by atoms with van der Waals surface area (Å²) in [5.74, 6) is 0. The number of ether oxygens (including phenoxy) is 2. The first-order valence-corrected chi connectivity index (χ1v) is 6.62. The molecule has 4 heteroatoms. The highest BCUT2D eigenvalue weighted by atomic mass is 16.5. The molecule has 1 aliphatic heterocycles. The van der Waals surface area contributed by atoms with E-state index >= 15 is 0 Å². The second-order valence-electron chi connectivity index (χ2n) is 5.71. The Balaban J connectivity index is 1.94. The summed E-state index contributed by atoms with van der Waals surface area (Å²) in [5, 5.41) is 12.9. The van der Waals surface area contributed by atoms with Crippen molar-refractivity contribution in [3.05, 3.63) is 0 Å². The average Bonchev–Trinajstić information content (AvgIpc) is 2.73. The zero-order valence-electron chi connectivity index (χ0n) is 11.4. The van der Waals surface area contributed by atoms with Crippen LogP contribution >= 0.6 is 0 Å². The first-order chi connectivity index (χ1) is 7.97. The van der Waals surface area contributed by atoms with Crippen LogP contribution in [0.25, 0.3) is 0 Å². The Morgan fingerprint density at radius 2 is 2.24 bits per heavy atom. The minimum absolute atomic E-state index is 0.182. The molecule has 0 bridgehead atoms. The van der Waals surface area contributed by atoms with E-state index in [2.05, 4.69) is 5.32 Å². The molecule has 1 aliphatic rings. The Kier molecular flexibility index (Phi) is 6.41.